The third kappa shape index (κ3) is 2.38. The van der Waals surface area contributed by atoms with Crippen LogP contribution >= 0.6 is 12.2 Å². The number of rotatable bonds is 3. The molecule has 4 N–H and O–H groups in total. The van der Waals surface area contributed by atoms with Crippen molar-refractivity contribution >= 4 is 23.1 Å². The number of nitrogens with two attached hydrogens (primary N) is 1. The summed E-state index contributed by atoms with van der Waals surface area (Å²) in [7, 11) is 0. The Morgan fingerprint density at radius 2 is 2.10 bits per heavy atom. The van der Waals surface area contributed by atoms with Crippen molar-refractivity contribution in [2.24, 2.45) is 5.73 Å². The molecule has 0 aliphatic rings. The number of thiocarbonyl (C=S) groups is 1. The molecule has 0 fully saturated rings. The second-order valence-corrected chi connectivity index (χ2v) is 2.37. The Kier molecular flexibility index (Phi) is 3.41. The first-order valence-corrected chi connectivity index (χ1v) is 3.08. The van der Waals surface area contributed by atoms with Gasteiger partial charge in [0.25, 0.3) is 0 Å². The minimum absolute atomic E-state index is 0.0486. The average Bonchev–Trinajstić information content (AvgIpc) is 1.84. The van der Waals surface area contributed by atoms with E-state index in [9.17, 15) is 4.79 Å². The lowest BCUT2D eigenvalue weighted by Crippen LogP contribution is -2.42. The topological polar surface area (TPSA) is 83.5 Å². The molecule has 0 radical (unpaired) electrons. The molecule has 0 aliphatic heterocycles. The lowest BCUT2D eigenvalue weighted by atomic mass is 10.1. The number of carboxylic acid groups (broad SMARTS) is 1. The molecule has 0 aromatic rings. The van der Waals surface area contributed by atoms with Crippen molar-refractivity contribution in [3.05, 3.63) is 0 Å². The van der Waals surface area contributed by atoms with Gasteiger partial charge in [0.05, 0.1) is 6.10 Å². The Hall–Kier alpha value is -0.520. The monoisotopic (exact) mass is 163 g/mol. The maximum Gasteiger partial charge on any atom is 0.325 e. The van der Waals surface area contributed by atoms with Crippen LogP contribution in [-0.2, 0) is 4.79 Å². The summed E-state index contributed by atoms with van der Waals surface area (Å²) in [5.41, 5.74) is 5.06. The molecule has 0 aromatic heterocycles. The van der Waals surface area contributed by atoms with Crippen LogP contribution < -0.4 is 5.73 Å². The van der Waals surface area contributed by atoms with Gasteiger partial charge in [-0.3, -0.25) is 4.79 Å². The van der Waals surface area contributed by atoms with Crippen LogP contribution in [0.1, 0.15) is 6.92 Å². The second-order valence-electron chi connectivity index (χ2n) is 1.89. The Morgan fingerprint density at radius 3 is 2.20 bits per heavy atom. The summed E-state index contributed by atoms with van der Waals surface area (Å²) in [4.78, 5) is 10.1. The molecule has 0 aromatic carbocycles. The minimum atomic E-state index is -1.24. The predicted molar refractivity (Wildman–Crippen MR) is 39.9 cm³/mol. The molecule has 58 valence electrons. The zero-order valence-corrected chi connectivity index (χ0v) is 6.26. The van der Waals surface area contributed by atoms with Gasteiger partial charge in [-0.1, -0.05) is 12.2 Å². The van der Waals surface area contributed by atoms with Gasteiger partial charge in [0.2, 0.25) is 0 Å². The van der Waals surface area contributed by atoms with Gasteiger partial charge in [-0.05, 0) is 6.92 Å². The van der Waals surface area contributed by atoms with Crippen LogP contribution in [0.15, 0.2) is 0 Å². The van der Waals surface area contributed by atoms with E-state index >= 15 is 0 Å². The molecular weight excluding hydrogens is 154 g/mol. The standard InChI is InChI=1S/C5H9NO3S/c1-2(7)4(10)3(6)5(8)9/h2-3,7H,6H2,1H3,(H,8,9)/t2?,3-/m0/s1. The molecule has 0 rings (SSSR count). The Bertz CT molecular complexity index is 157. The number of carbonyl (C=O) groups is 1. The molecule has 0 heterocycles. The molecule has 0 bridgehead atoms. The third-order valence-electron chi connectivity index (χ3n) is 0.984. The van der Waals surface area contributed by atoms with Crippen molar-refractivity contribution in [3.63, 3.8) is 0 Å². The van der Waals surface area contributed by atoms with Crippen molar-refractivity contribution in [2.45, 2.75) is 19.1 Å². The number of carboxylic acids is 1. The lowest BCUT2D eigenvalue weighted by Gasteiger charge is -2.09. The van der Waals surface area contributed by atoms with Crippen LogP contribution in [0, 0.1) is 0 Å². The highest BCUT2D eigenvalue weighted by Gasteiger charge is 2.20. The normalized spacial score (nSPS) is 15.9. The largest absolute Gasteiger partial charge is 0.480 e. The first-order valence-electron chi connectivity index (χ1n) is 2.67. The molecule has 5 heteroatoms. The summed E-state index contributed by atoms with van der Waals surface area (Å²) in [6, 6.07) is -1.24. The fourth-order valence-corrected chi connectivity index (χ4v) is 0.482. The summed E-state index contributed by atoms with van der Waals surface area (Å²) < 4.78 is 0. The minimum Gasteiger partial charge on any atom is -0.480 e. The van der Waals surface area contributed by atoms with E-state index in [0.29, 0.717) is 0 Å². The van der Waals surface area contributed by atoms with E-state index in [2.05, 4.69) is 12.2 Å². The van der Waals surface area contributed by atoms with E-state index < -0.39 is 18.1 Å². The smallest absolute Gasteiger partial charge is 0.325 e. The van der Waals surface area contributed by atoms with Crippen LogP contribution in [-0.4, -0.2) is 33.2 Å². The molecule has 0 saturated heterocycles. The molecule has 1 unspecified atom stereocenters. The summed E-state index contributed by atoms with van der Waals surface area (Å²) in [6.07, 6.45) is -0.943. The van der Waals surface area contributed by atoms with Crippen LogP contribution in [0.25, 0.3) is 0 Å². The molecule has 2 atom stereocenters. The molecule has 10 heavy (non-hydrogen) atoms. The maximum absolute atomic E-state index is 10.1. The zero-order valence-electron chi connectivity index (χ0n) is 5.44. The van der Waals surface area contributed by atoms with Crippen molar-refractivity contribution in [3.8, 4) is 0 Å². The van der Waals surface area contributed by atoms with Gasteiger partial charge in [-0.2, -0.15) is 0 Å². The van der Waals surface area contributed by atoms with E-state index in [4.69, 9.17) is 15.9 Å². The first kappa shape index (κ1) is 9.48. The van der Waals surface area contributed by atoms with Gasteiger partial charge in [0, 0.05) is 4.86 Å². The highest BCUT2D eigenvalue weighted by Crippen LogP contribution is 1.92. The highest BCUT2D eigenvalue weighted by atomic mass is 32.1. The Balaban J connectivity index is 4.08. The molecular formula is C5H9NO3S. The molecule has 4 nitrogen and oxygen atoms in total. The van der Waals surface area contributed by atoms with Gasteiger partial charge >= 0.3 is 5.97 Å². The summed E-state index contributed by atoms with van der Waals surface area (Å²) in [6.45, 7) is 1.38. The van der Waals surface area contributed by atoms with E-state index in [1.807, 2.05) is 0 Å². The number of hydrogen-bond acceptors (Lipinski definition) is 4. The molecule has 0 amide bonds. The quantitative estimate of drug-likeness (QED) is 0.472. The van der Waals surface area contributed by atoms with Gasteiger partial charge in [0.15, 0.2) is 0 Å². The van der Waals surface area contributed by atoms with E-state index in [1.54, 1.807) is 0 Å². The summed E-state index contributed by atoms with van der Waals surface area (Å²) in [5.74, 6) is -1.22. The van der Waals surface area contributed by atoms with E-state index in [0.717, 1.165) is 0 Å². The number of hydrogen-bond donors (Lipinski definition) is 3. The van der Waals surface area contributed by atoms with Crippen LogP contribution in [0.3, 0.4) is 0 Å². The van der Waals surface area contributed by atoms with Gasteiger partial charge < -0.3 is 15.9 Å². The Morgan fingerprint density at radius 1 is 1.70 bits per heavy atom. The number of aliphatic hydroxyl groups excluding tert-OH is 1. The SMILES string of the molecule is CC(O)C(=S)[C@H](N)C(=O)O. The highest BCUT2D eigenvalue weighted by molar-refractivity contribution is 7.80. The van der Waals surface area contributed by atoms with Crippen molar-refractivity contribution < 1.29 is 15.0 Å². The molecule has 0 aliphatic carbocycles. The maximum atomic E-state index is 10.1. The van der Waals surface area contributed by atoms with Gasteiger partial charge in [-0.25, -0.2) is 0 Å². The molecule has 0 saturated carbocycles. The van der Waals surface area contributed by atoms with E-state index in [-0.39, 0.29) is 4.86 Å². The zero-order chi connectivity index (χ0) is 8.31. The molecule has 0 spiro atoms. The van der Waals surface area contributed by atoms with Gasteiger partial charge in [0.1, 0.15) is 6.04 Å². The lowest BCUT2D eigenvalue weighted by molar-refractivity contribution is -0.136. The third-order valence-corrected chi connectivity index (χ3v) is 1.58. The van der Waals surface area contributed by atoms with Crippen LogP contribution in [0.2, 0.25) is 0 Å². The van der Waals surface area contributed by atoms with Gasteiger partial charge in [-0.15, -0.1) is 0 Å². The first-order chi connectivity index (χ1) is 4.46. The second kappa shape index (κ2) is 3.60. The van der Waals surface area contributed by atoms with Crippen molar-refractivity contribution in [1.82, 2.24) is 0 Å². The number of aliphatic carboxylic acids is 1. The van der Waals surface area contributed by atoms with Crippen LogP contribution in [0.5, 0.6) is 0 Å². The van der Waals surface area contributed by atoms with Crippen LogP contribution in [0.4, 0.5) is 0 Å². The number of aliphatic hydroxyl groups is 1. The fourth-order valence-electron chi connectivity index (χ4n) is 0.382. The van der Waals surface area contributed by atoms with E-state index in [1.165, 1.54) is 6.92 Å². The average molecular weight is 163 g/mol. The van der Waals surface area contributed by atoms with Crippen molar-refractivity contribution in [1.29, 1.82) is 0 Å². The summed E-state index contributed by atoms with van der Waals surface area (Å²) >= 11 is 4.52. The Labute approximate surface area is 63.6 Å². The summed E-state index contributed by atoms with van der Waals surface area (Å²) in [5, 5.41) is 17.0. The predicted octanol–water partition coefficient (Wildman–Crippen LogP) is -0.851. The fraction of sp³-hybridized carbons (Fsp3) is 0.600. The van der Waals surface area contributed by atoms with Crippen molar-refractivity contribution in [2.75, 3.05) is 0 Å².